The first kappa shape index (κ1) is 15.5. The maximum Gasteiger partial charge on any atom is 0.341 e. The second-order valence-electron chi connectivity index (χ2n) is 5.63. The van der Waals surface area contributed by atoms with Crippen LogP contribution in [0.4, 0.5) is 0 Å². The number of hydrogen-bond donors (Lipinski definition) is 0. The Morgan fingerprint density at radius 1 is 1.33 bits per heavy atom. The number of hydrogen-bond acceptors (Lipinski definition) is 4. The Kier molecular flexibility index (Phi) is 4.65. The number of aromatic nitrogens is 2. The molecule has 0 spiro atoms. The van der Waals surface area contributed by atoms with Crippen LogP contribution < -0.4 is 0 Å². The molecule has 0 aliphatic carbocycles. The molecule has 1 atom stereocenters. The fraction of sp³-hybridized carbons (Fsp3) is 0.667. The molecule has 1 saturated heterocycles. The van der Waals surface area contributed by atoms with Crippen molar-refractivity contribution in [3.63, 3.8) is 0 Å². The third-order valence-corrected chi connectivity index (χ3v) is 4.18. The highest BCUT2D eigenvalue weighted by Crippen LogP contribution is 2.18. The zero-order valence-corrected chi connectivity index (χ0v) is 13.2. The molecule has 2 rings (SSSR count). The molecular weight excluding hydrogens is 270 g/mol. The predicted molar refractivity (Wildman–Crippen MR) is 78.1 cm³/mol. The van der Waals surface area contributed by atoms with Crippen molar-refractivity contribution < 1.29 is 14.3 Å². The number of carbonyl (C=O) groups excluding carboxylic acids is 2. The SMILES string of the molecule is COC(=O)c1c(C)nn(CC(=O)N2CCCCC2C)c1C. The number of ether oxygens (including phenoxy) is 1. The van der Waals surface area contributed by atoms with Crippen molar-refractivity contribution in [1.29, 1.82) is 0 Å². The van der Waals surface area contributed by atoms with Crippen molar-refractivity contribution >= 4 is 11.9 Å². The average molecular weight is 293 g/mol. The van der Waals surface area contributed by atoms with Gasteiger partial charge in [0.2, 0.25) is 5.91 Å². The molecule has 1 amide bonds. The Morgan fingerprint density at radius 3 is 2.67 bits per heavy atom. The minimum atomic E-state index is -0.407. The lowest BCUT2D eigenvalue weighted by Crippen LogP contribution is -2.43. The van der Waals surface area contributed by atoms with E-state index in [1.807, 2.05) is 4.90 Å². The first-order valence-electron chi connectivity index (χ1n) is 7.37. The largest absolute Gasteiger partial charge is 0.465 e. The van der Waals surface area contributed by atoms with E-state index < -0.39 is 5.97 Å². The molecule has 1 aliphatic rings. The summed E-state index contributed by atoms with van der Waals surface area (Å²) in [5, 5.41) is 4.31. The lowest BCUT2D eigenvalue weighted by Gasteiger charge is -2.33. The molecular formula is C15H23N3O3. The molecule has 6 heteroatoms. The van der Waals surface area contributed by atoms with Crippen molar-refractivity contribution in [2.75, 3.05) is 13.7 Å². The molecule has 2 heterocycles. The summed E-state index contributed by atoms with van der Waals surface area (Å²) in [7, 11) is 1.35. The van der Waals surface area contributed by atoms with Gasteiger partial charge < -0.3 is 9.64 Å². The van der Waals surface area contributed by atoms with E-state index in [2.05, 4.69) is 12.0 Å². The summed E-state index contributed by atoms with van der Waals surface area (Å²) in [6.45, 7) is 6.61. The van der Waals surface area contributed by atoms with E-state index in [1.54, 1.807) is 18.5 Å². The first-order valence-corrected chi connectivity index (χ1v) is 7.37. The molecule has 21 heavy (non-hydrogen) atoms. The van der Waals surface area contributed by atoms with Crippen LogP contribution in [0, 0.1) is 13.8 Å². The lowest BCUT2D eigenvalue weighted by molar-refractivity contribution is -0.135. The van der Waals surface area contributed by atoms with Crippen LogP contribution >= 0.6 is 0 Å². The monoisotopic (exact) mass is 293 g/mol. The zero-order valence-electron chi connectivity index (χ0n) is 13.2. The van der Waals surface area contributed by atoms with Crippen molar-refractivity contribution in [2.45, 2.75) is 52.6 Å². The Bertz CT molecular complexity index is 551. The highest BCUT2D eigenvalue weighted by molar-refractivity contribution is 5.91. The smallest absolute Gasteiger partial charge is 0.341 e. The van der Waals surface area contributed by atoms with Gasteiger partial charge in [-0.25, -0.2) is 4.79 Å². The Balaban J connectivity index is 2.16. The van der Waals surface area contributed by atoms with Crippen molar-refractivity contribution in [2.24, 2.45) is 0 Å². The second kappa shape index (κ2) is 6.28. The predicted octanol–water partition coefficient (Wildman–Crippen LogP) is 1.69. The third-order valence-electron chi connectivity index (χ3n) is 4.18. The molecule has 1 fully saturated rings. The summed E-state index contributed by atoms with van der Waals surface area (Å²) in [4.78, 5) is 26.1. The summed E-state index contributed by atoms with van der Waals surface area (Å²) in [5.41, 5.74) is 1.73. The molecule has 1 unspecified atom stereocenters. The number of piperidine rings is 1. The van der Waals surface area contributed by atoms with Crippen LogP contribution in [0.1, 0.15) is 47.9 Å². The summed E-state index contributed by atoms with van der Waals surface area (Å²) in [5.74, 6) is -0.348. The number of likely N-dealkylation sites (tertiary alicyclic amines) is 1. The second-order valence-corrected chi connectivity index (χ2v) is 5.63. The van der Waals surface area contributed by atoms with Crippen molar-refractivity contribution in [3.8, 4) is 0 Å². The van der Waals surface area contributed by atoms with Gasteiger partial charge in [-0.1, -0.05) is 0 Å². The van der Waals surface area contributed by atoms with Crippen LogP contribution in [0.2, 0.25) is 0 Å². The van der Waals surface area contributed by atoms with Gasteiger partial charge in [0, 0.05) is 12.6 Å². The molecule has 0 saturated carbocycles. The highest BCUT2D eigenvalue weighted by atomic mass is 16.5. The van der Waals surface area contributed by atoms with Crippen LogP contribution in [0.15, 0.2) is 0 Å². The van der Waals surface area contributed by atoms with E-state index in [1.165, 1.54) is 13.5 Å². The van der Waals surface area contributed by atoms with Crippen molar-refractivity contribution in [1.82, 2.24) is 14.7 Å². The molecule has 0 N–H and O–H groups in total. The molecule has 1 aromatic heterocycles. The summed E-state index contributed by atoms with van der Waals surface area (Å²) < 4.78 is 6.36. The summed E-state index contributed by atoms with van der Waals surface area (Å²) in [6.07, 6.45) is 3.29. The fourth-order valence-corrected chi connectivity index (χ4v) is 2.94. The number of esters is 1. The molecule has 1 aromatic rings. The molecule has 0 bridgehead atoms. The van der Waals surface area contributed by atoms with Gasteiger partial charge in [-0.3, -0.25) is 9.48 Å². The van der Waals surface area contributed by atoms with E-state index in [9.17, 15) is 9.59 Å². The van der Waals surface area contributed by atoms with Crippen LogP contribution in [0.3, 0.4) is 0 Å². The molecule has 0 aromatic carbocycles. The van der Waals surface area contributed by atoms with E-state index in [-0.39, 0.29) is 18.5 Å². The Morgan fingerprint density at radius 2 is 2.05 bits per heavy atom. The quantitative estimate of drug-likeness (QED) is 0.796. The first-order chi connectivity index (χ1) is 9.95. The molecule has 116 valence electrons. The van der Waals surface area contributed by atoms with Gasteiger partial charge in [-0.05, 0) is 40.0 Å². The minimum absolute atomic E-state index is 0.0595. The zero-order chi connectivity index (χ0) is 15.6. The summed E-state index contributed by atoms with van der Waals surface area (Å²) in [6, 6.07) is 0.281. The Hall–Kier alpha value is -1.85. The topological polar surface area (TPSA) is 64.4 Å². The summed E-state index contributed by atoms with van der Waals surface area (Å²) >= 11 is 0. The highest BCUT2D eigenvalue weighted by Gasteiger charge is 2.25. The lowest BCUT2D eigenvalue weighted by atomic mass is 10.0. The number of rotatable bonds is 3. The minimum Gasteiger partial charge on any atom is -0.465 e. The number of methoxy groups -OCH3 is 1. The fourth-order valence-electron chi connectivity index (χ4n) is 2.94. The van der Waals surface area contributed by atoms with E-state index in [4.69, 9.17) is 4.74 Å². The number of aryl methyl sites for hydroxylation is 1. The van der Waals surface area contributed by atoms with Crippen LogP contribution in [-0.4, -0.2) is 46.3 Å². The Labute approximate surface area is 125 Å². The van der Waals surface area contributed by atoms with Gasteiger partial charge >= 0.3 is 5.97 Å². The third kappa shape index (κ3) is 3.09. The molecule has 6 nitrogen and oxygen atoms in total. The number of nitrogens with zero attached hydrogens (tertiary/aromatic N) is 3. The van der Waals surface area contributed by atoms with Crippen LogP contribution in [0.5, 0.6) is 0 Å². The van der Waals surface area contributed by atoms with Gasteiger partial charge in [0.1, 0.15) is 12.1 Å². The van der Waals surface area contributed by atoms with Gasteiger partial charge in [0.25, 0.3) is 0 Å². The molecule has 0 radical (unpaired) electrons. The van der Waals surface area contributed by atoms with Crippen molar-refractivity contribution in [3.05, 3.63) is 17.0 Å². The molecule has 1 aliphatic heterocycles. The van der Waals surface area contributed by atoms with Gasteiger partial charge in [0.05, 0.1) is 18.5 Å². The normalized spacial score (nSPS) is 18.7. The van der Waals surface area contributed by atoms with Crippen LogP contribution in [-0.2, 0) is 16.1 Å². The van der Waals surface area contributed by atoms with E-state index >= 15 is 0 Å². The van der Waals surface area contributed by atoms with E-state index in [0.717, 1.165) is 19.4 Å². The number of carbonyl (C=O) groups is 2. The van der Waals surface area contributed by atoms with Gasteiger partial charge in [-0.2, -0.15) is 5.10 Å². The number of amides is 1. The maximum absolute atomic E-state index is 12.4. The maximum atomic E-state index is 12.4. The van der Waals surface area contributed by atoms with Gasteiger partial charge in [-0.15, -0.1) is 0 Å². The van der Waals surface area contributed by atoms with Gasteiger partial charge in [0.15, 0.2) is 0 Å². The van der Waals surface area contributed by atoms with Crippen LogP contribution in [0.25, 0.3) is 0 Å². The van der Waals surface area contributed by atoms with E-state index in [0.29, 0.717) is 17.0 Å². The average Bonchev–Trinajstić information content (AvgIpc) is 2.73. The standard InChI is InChI=1S/C15H23N3O3/c1-10-7-5-6-8-17(10)13(19)9-18-12(3)14(11(2)16-18)15(20)21-4/h10H,5-9H2,1-4H3.